The Morgan fingerprint density at radius 3 is 2.71 bits per heavy atom. The summed E-state index contributed by atoms with van der Waals surface area (Å²) >= 11 is 0. The number of fused-ring (bicyclic) bond motifs is 1. The molecule has 0 saturated carbocycles. The average Bonchev–Trinajstić information content (AvgIpc) is 2.58. The van der Waals surface area contributed by atoms with Crippen molar-refractivity contribution in [1.82, 2.24) is 0 Å². The van der Waals surface area contributed by atoms with Gasteiger partial charge in [-0.15, -0.1) is 0 Å². The quantitative estimate of drug-likeness (QED) is 0.536. The number of aliphatic hydroxyl groups excluding tert-OH is 1. The van der Waals surface area contributed by atoms with E-state index >= 15 is 0 Å². The lowest BCUT2D eigenvalue weighted by atomic mass is 9.90. The largest absolute Gasteiger partial charge is 0.506 e. The van der Waals surface area contributed by atoms with Gasteiger partial charge in [-0.05, 0) is 30.9 Å². The van der Waals surface area contributed by atoms with E-state index < -0.39 is 5.63 Å². The highest BCUT2D eigenvalue weighted by Crippen LogP contribution is 2.39. The van der Waals surface area contributed by atoms with E-state index in [0.717, 1.165) is 32.1 Å². The smallest absolute Gasteiger partial charge is 0.343 e. The summed E-state index contributed by atoms with van der Waals surface area (Å²) in [4.78, 5) is 12.4. The Morgan fingerprint density at radius 2 is 2.04 bits per heavy atom. The highest BCUT2D eigenvalue weighted by molar-refractivity contribution is 5.90. The van der Waals surface area contributed by atoms with Gasteiger partial charge in [-0.3, -0.25) is 0 Å². The van der Waals surface area contributed by atoms with E-state index in [0.29, 0.717) is 22.3 Å². The minimum absolute atomic E-state index is 0.0388. The molecular formula is C19H26O5. The minimum Gasteiger partial charge on any atom is -0.506 e. The fourth-order valence-electron chi connectivity index (χ4n) is 3.04. The van der Waals surface area contributed by atoms with Crippen LogP contribution in [0.2, 0.25) is 0 Å². The molecule has 0 saturated heterocycles. The second kappa shape index (κ2) is 8.73. The third kappa shape index (κ3) is 3.90. The first kappa shape index (κ1) is 18.3. The van der Waals surface area contributed by atoms with Crippen LogP contribution in [0.3, 0.4) is 0 Å². The van der Waals surface area contributed by atoms with Crippen LogP contribution in [0.25, 0.3) is 11.0 Å². The van der Waals surface area contributed by atoms with Crippen LogP contribution in [0.1, 0.15) is 57.4 Å². The lowest BCUT2D eigenvalue weighted by Gasteiger charge is -2.17. The first-order valence-electron chi connectivity index (χ1n) is 8.66. The molecule has 2 aromatic rings. The molecule has 2 N–H and O–H groups in total. The van der Waals surface area contributed by atoms with E-state index in [4.69, 9.17) is 14.3 Å². The number of hydrogen-bond donors (Lipinski definition) is 2. The molecule has 1 heterocycles. The molecular weight excluding hydrogens is 308 g/mol. The molecule has 0 aliphatic rings. The van der Waals surface area contributed by atoms with Crippen molar-refractivity contribution in [2.45, 2.75) is 51.9 Å². The first-order valence-corrected chi connectivity index (χ1v) is 8.66. The summed E-state index contributed by atoms with van der Waals surface area (Å²) in [6, 6.07) is 5.01. The van der Waals surface area contributed by atoms with Gasteiger partial charge in [0.1, 0.15) is 29.1 Å². The normalized spacial score (nSPS) is 12.5. The molecule has 2 rings (SSSR count). The number of benzene rings is 1. The maximum atomic E-state index is 12.4. The Hall–Kier alpha value is -2.01. The van der Waals surface area contributed by atoms with Crippen LogP contribution in [-0.2, 0) is 0 Å². The fourth-order valence-corrected chi connectivity index (χ4v) is 3.04. The van der Waals surface area contributed by atoms with Crippen LogP contribution in [-0.4, -0.2) is 23.4 Å². The molecule has 1 aromatic carbocycles. The van der Waals surface area contributed by atoms with Gasteiger partial charge < -0.3 is 19.4 Å². The van der Waals surface area contributed by atoms with E-state index in [1.807, 2.05) is 6.92 Å². The van der Waals surface area contributed by atoms with Gasteiger partial charge >= 0.3 is 5.63 Å². The Labute approximate surface area is 141 Å². The summed E-state index contributed by atoms with van der Waals surface area (Å²) in [5, 5.41) is 20.1. The summed E-state index contributed by atoms with van der Waals surface area (Å²) in [5.41, 5.74) is 0.143. The number of hydrogen-bond acceptors (Lipinski definition) is 5. The maximum Gasteiger partial charge on any atom is 0.343 e. The van der Waals surface area contributed by atoms with Crippen molar-refractivity contribution in [1.29, 1.82) is 0 Å². The van der Waals surface area contributed by atoms with Crippen LogP contribution in [0.15, 0.2) is 27.4 Å². The van der Waals surface area contributed by atoms with Crippen molar-refractivity contribution in [2.24, 2.45) is 0 Å². The minimum atomic E-state index is -0.484. The van der Waals surface area contributed by atoms with Gasteiger partial charge in [-0.1, -0.05) is 39.2 Å². The molecule has 1 atom stereocenters. The molecule has 0 aliphatic heterocycles. The summed E-state index contributed by atoms with van der Waals surface area (Å²) in [5.74, 6) is 0.314. The van der Waals surface area contributed by atoms with Crippen molar-refractivity contribution in [3.63, 3.8) is 0 Å². The van der Waals surface area contributed by atoms with E-state index in [2.05, 4.69) is 6.92 Å². The lowest BCUT2D eigenvalue weighted by molar-refractivity contribution is 0.202. The standard InChI is InChI=1S/C19H26O5/c1-3-5-6-8-13(4-2)16-18(21)17-14(23-12-11-20)9-7-10-15(17)24-19(16)22/h7,9-10,13,20-21H,3-6,8,11-12H2,1-2H3. The molecule has 0 bridgehead atoms. The zero-order valence-corrected chi connectivity index (χ0v) is 14.4. The predicted octanol–water partition coefficient (Wildman–Crippen LogP) is 3.94. The number of unbranched alkanes of at least 4 members (excludes halogenated alkanes) is 2. The van der Waals surface area contributed by atoms with Crippen molar-refractivity contribution in [2.75, 3.05) is 13.2 Å². The van der Waals surface area contributed by atoms with Gasteiger partial charge in [0.15, 0.2) is 0 Å². The second-order valence-corrected chi connectivity index (χ2v) is 5.95. The molecule has 5 heteroatoms. The predicted molar refractivity (Wildman–Crippen MR) is 93.9 cm³/mol. The zero-order valence-electron chi connectivity index (χ0n) is 14.4. The molecule has 0 amide bonds. The Bertz CT molecular complexity index is 720. The van der Waals surface area contributed by atoms with Crippen molar-refractivity contribution >= 4 is 11.0 Å². The molecule has 0 fully saturated rings. The third-order valence-electron chi connectivity index (χ3n) is 4.31. The van der Waals surface area contributed by atoms with E-state index in [1.165, 1.54) is 0 Å². The highest BCUT2D eigenvalue weighted by atomic mass is 16.5. The molecule has 0 radical (unpaired) electrons. The molecule has 1 unspecified atom stereocenters. The average molecular weight is 334 g/mol. The van der Waals surface area contributed by atoms with Crippen LogP contribution in [0.5, 0.6) is 11.5 Å². The monoisotopic (exact) mass is 334 g/mol. The van der Waals surface area contributed by atoms with Gasteiger partial charge in [-0.25, -0.2) is 4.79 Å². The topological polar surface area (TPSA) is 79.9 Å². The van der Waals surface area contributed by atoms with Crippen molar-refractivity contribution < 1.29 is 19.4 Å². The number of aromatic hydroxyl groups is 1. The first-order chi connectivity index (χ1) is 11.6. The van der Waals surface area contributed by atoms with Gasteiger partial charge in [0.2, 0.25) is 0 Å². The Kier molecular flexibility index (Phi) is 6.67. The summed E-state index contributed by atoms with van der Waals surface area (Å²) in [6.07, 6.45) is 4.81. The number of aliphatic hydroxyl groups is 1. The van der Waals surface area contributed by atoms with Crippen LogP contribution in [0.4, 0.5) is 0 Å². The molecule has 0 aliphatic carbocycles. The van der Waals surface area contributed by atoms with Crippen molar-refractivity contribution in [3.8, 4) is 11.5 Å². The zero-order chi connectivity index (χ0) is 17.5. The second-order valence-electron chi connectivity index (χ2n) is 5.95. The Balaban J connectivity index is 2.51. The molecule has 24 heavy (non-hydrogen) atoms. The lowest BCUT2D eigenvalue weighted by Crippen LogP contribution is -2.13. The Morgan fingerprint density at radius 1 is 1.25 bits per heavy atom. The van der Waals surface area contributed by atoms with E-state index in [1.54, 1.807) is 18.2 Å². The summed E-state index contributed by atoms with van der Waals surface area (Å²) < 4.78 is 10.9. The molecule has 5 nitrogen and oxygen atoms in total. The highest BCUT2D eigenvalue weighted by Gasteiger charge is 2.23. The summed E-state index contributed by atoms with van der Waals surface area (Å²) in [7, 11) is 0. The number of rotatable bonds is 9. The van der Waals surface area contributed by atoms with Gasteiger partial charge in [0, 0.05) is 0 Å². The fraction of sp³-hybridized carbons (Fsp3) is 0.526. The van der Waals surface area contributed by atoms with E-state index in [-0.39, 0.29) is 24.9 Å². The van der Waals surface area contributed by atoms with E-state index in [9.17, 15) is 9.90 Å². The number of ether oxygens (including phenoxy) is 1. The molecule has 132 valence electrons. The van der Waals surface area contributed by atoms with Gasteiger partial charge in [-0.2, -0.15) is 0 Å². The molecule has 1 aromatic heterocycles. The molecule has 0 spiro atoms. The van der Waals surface area contributed by atoms with Crippen LogP contribution < -0.4 is 10.4 Å². The van der Waals surface area contributed by atoms with Crippen molar-refractivity contribution in [3.05, 3.63) is 34.2 Å². The van der Waals surface area contributed by atoms with Crippen LogP contribution >= 0.6 is 0 Å². The third-order valence-corrected chi connectivity index (χ3v) is 4.31. The SMILES string of the molecule is CCCCCC(CC)c1c(O)c2c(OCCO)cccc2oc1=O. The summed E-state index contributed by atoms with van der Waals surface area (Å²) in [6.45, 7) is 4.12. The van der Waals surface area contributed by atoms with Crippen LogP contribution in [0, 0.1) is 0 Å². The maximum absolute atomic E-state index is 12.4. The van der Waals surface area contributed by atoms with Gasteiger partial charge in [0.25, 0.3) is 0 Å². The van der Waals surface area contributed by atoms with Gasteiger partial charge in [0.05, 0.1) is 12.2 Å².